The van der Waals surface area contributed by atoms with Gasteiger partial charge < -0.3 is 29.3 Å². The van der Waals surface area contributed by atoms with E-state index in [9.17, 15) is 24.0 Å². The first kappa shape index (κ1) is 35.3. The number of nitrogens with one attached hydrogen (secondary N) is 1. The maximum Gasteiger partial charge on any atom is 0.409 e. The van der Waals surface area contributed by atoms with Crippen LogP contribution in [0.2, 0.25) is 0 Å². The number of aromatic nitrogens is 2. The van der Waals surface area contributed by atoms with Gasteiger partial charge in [0.15, 0.2) is 11.5 Å². The van der Waals surface area contributed by atoms with Gasteiger partial charge in [-0.2, -0.15) is 0 Å². The Morgan fingerprint density at radius 2 is 1.51 bits per heavy atom. The Bertz CT molecular complexity index is 1370. The molecule has 244 valence electrons. The first-order chi connectivity index (χ1) is 21.4. The maximum atomic E-state index is 13.9. The van der Waals surface area contributed by atoms with Crippen molar-refractivity contribution in [3.05, 3.63) is 41.7 Å². The predicted molar refractivity (Wildman–Crippen MR) is 167 cm³/mol. The minimum Gasteiger partial charge on any atom is -0.461 e. The Morgan fingerprint density at radius 3 is 2.09 bits per heavy atom. The van der Waals surface area contributed by atoms with Crippen LogP contribution in [0.5, 0.6) is 0 Å². The van der Waals surface area contributed by atoms with Crippen LogP contribution in [-0.4, -0.2) is 107 Å². The molecule has 1 aliphatic rings. The summed E-state index contributed by atoms with van der Waals surface area (Å²) in [7, 11) is 0. The Hall–Kier alpha value is -4.20. The summed E-state index contributed by atoms with van der Waals surface area (Å²) in [5, 5.41) is 2.76. The molecule has 0 bridgehead atoms. The van der Waals surface area contributed by atoms with Crippen LogP contribution in [-0.2, 0) is 23.8 Å². The van der Waals surface area contributed by atoms with Crippen molar-refractivity contribution in [3.63, 3.8) is 0 Å². The molecule has 1 aromatic carbocycles. The van der Waals surface area contributed by atoms with Gasteiger partial charge in [0.2, 0.25) is 5.91 Å². The summed E-state index contributed by atoms with van der Waals surface area (Å²) >= 11 is 1.10. The lowest BCUT2D eigenvalue weighted by atomic mass is 10.1. The number of piperazine rings is 1. The molecule has 2 heterocycles. The zero-order valence-electron chi connectivity index (χ0n) is 26.6. The number of amides is 3. The van der Waals surface area contributed by atoms with Gasteiger partial charge in [0.05, 0.1) is 18.1 Å². The van der Waals surface area contributed by atoms with Gasteiger partial charge in [-0.3, -0.25) is 14.4 Å². The van der Waals surface area contributed by atoms with Gasteiger partial charge in [0, 0.05) is 38.2 Å². The highest BCUT2D eigenvalue weighted by Gasteiger charge is 2.33. The fourth-order valence-electron chi connectivity index (χ4n) is 4.54. The lowest BCUT2D eigenvalue weighted by Crippen LogP contribution is -2.56. The van der Waals surface area contributed by atoms with Gasteiger partial charge in [-0.15, -0.1) is 11.8 Å². The first-order valence-electron chi connectivity index (χ1n) is 14.8. The quantitative estimate of drug-likeness (QED) is 0.217. The van der Waals surface area contributed by atoms with Crippen LogP contribution in [0.15, 0.2) is 35.2 Å². The molecule has 13 nitrogen and oxygen atoms in total. The van der Waals surface area contributed by atoms with Crippen LogP contribution >= 0.6 is 11.8 Å². The number of hydrogen-bond acceptors (Lipinski definition) is 11. The largest absolute Gasteiger partial charge is 0.461 e. The molecular weight excluding hydrogens is 602 g/mol. The molecule has 0 unspecified atom stereocenters. The zero-order valence-corrected chi connectivity index (χ0v) is 27.4. The highest BCUT2D eigenvalue weighted by Crippen LogP contribution is 2.27. The van der Waals surface area contributed by atoms with Gasteiger partial charge in [0.1, 0.15) is 17.3 Å². The molecule has 3 amide bonds. The molecule has 1 aromatic heterocycles. The number of carbonyl (C=O) groups is 5. The highest BCUT2D eigenvalue weighted by atomic mass is 32.2. The van der Waals surface area contributed by atoms with E-state index in [1.165, 1.54) is 9.80 Å². The van der Waals surface area contributed by atoms with Crippen LogP contribution in [0.25, 0.3) is 11.4 Å². The predicted octanol–water partition coefficient (Wildman–Crippen LogP) is 3.56. The number of thioether (sulfide) groups is 1. The second kappa shape index (κ2) is 16.2. The third-order valence-corrected chi connectivity index (χ3v) is 7.36. The standard InChI is InChI=1S/C31H41N5O8S/c1-7-42-29(40)24-25(45-6)23(33-26(34-24)20-12-10-9-11-13-20)27(38)32-21(14-15-22(37)44-31(3,4)5)28(39)35-16-18-36(19-17-35)30(41)43-8-2/h9-13,21H,7-8,14-19H2,1-6H3,(H,32,38)/t21-/m0/s1. The molecule has 0 aliphatic carbocycles. The molecule has 0 saturated carbocycles. The van der Waals surface area contributed by atoms with Gasteiger partial charge >= 0.3 is 18.0 Å². The molecule has 1 fully saturated rings. The van der Waals surface area contributed by atoms with Crippen molar-refractivity contribution in [2.24, 2.45) is 0 Å². The van der Waals surface area contributed by atoms with E-state index in [1.54, 1.807) is 65.1 Å². The minimum absolute atomic E-state index is 0.0481. The third kappa shape index (κ3) is 9.90. The van der Waals surface area contributed by atoms with E-state index >= 15 is 0 Å². The number of carbonyl (C=O) groups excluding carboxylic acids is 5. The average molecular weight is 644 g/mol. The minimum atomic E-state index is -1.13. The fourth-order valence-corrected chi connectivity index (χ4v) is 5.19. The summed E-state index contributed by atoms with van der Waals surface area (Å²) < 4.78 is 15.7. The van der Waals surface area contributed by atoms with E-state index < -0.39 is 41.5 Å². The van der Waals surface area contributed by atoms with E-state index in [2.05, 4.69) is 15.3 Å². The van der Waals surface area contributed by atoms with Crippen LogP contribution in [0.3, 0.4) is 0 Å². The van der Waals surface area contributed by atoms with E-state index in [0.717, 1.165) is 11.8 Å². The summed E-state index contributed by atoms with van der Waals surface area (Å²) in [6.45, 7) is 9.87. The summed E-state index contributed by atoms with van der Waals surface area (Å²) in [6.07, 6.45) is 1.03. The lowest BCUT2D eigenvalue weighted by Gasteiger charge is -2.36. The number of nitrogens with zero attached hydrogens (tertiary/aromatic N) is 4. The third-order valence-electron chi connectivity index (χ3n) is 6.56. The first-order valence-corrected chi connectivity index (χ1v) is 16.0. The van der Waals surface area contributed by atoms with Crippen LogP contribution < -0.4 is 5.32 Å². The van der Waals surface area contributed by atoms with Gasteiger partial charge in [0.25, 0.3) is 5.91 Å². The molecule has 45 heavy (non-hydrogen) atoms. The second-order valence-corrected chi connectivity index (χ2v) is 11.8. The number of ether oxygens (including phenoxy) is 3. The molecular formula is C31H41N5O8S. The molecule has 0 radical (unpaired) electrons. The Labute approximate surface area is 267 Å². The Balaban J connectivity index is 1.94. The maximum absolute atomic E-state index is 13.9. The Morgan fingerprint density at radius 1 is 0.911 bits per heavy atom. The van der Waals surface area contributed by atoms with Gasteiger partial charge in [-0.05, 0) is 47.3 Å². The summed E-state index contributed by atoms with van der Waals surface area (Å²) in [4.78, 5) is 77.5. The number of benzene rings is 1. The molecule has 1 aliphatic heterocycles. The monoisotopic (exact) mass is 643 g/mol. The van der Waals surface area contributed by atoms with Crippen molar-refractivity contribution in [1.29, 1.82) is 0 Å². The summed E-state index contributed by atoms with van der Waals surface area (Å²) in [5.74, 6) is -2.26. The topological polar surface area (TPSA) is 157 Å². The van der Waals surface area contributed by atoms with E-state index in [-0.39, 0.29) is 74.3 Å². The van der Waals surface area contributed by atoms with Crippen molar-refractivity contribution in [1.82, 2.24) is 25.1 Å². The zero-order chi connectivity index (χ0) is 33.1. The van der Waals surface area contributed by atoms with Crippen LogP contribution in [0, 0.1) is 0 Å². The van der Waals surface area contributed by atoms with Crippen LogP contribution in [0.1, 0.15) is 68.4 Å². The molecule has 1 saturated heterocycles. The normalized spacial score (nSPS) is 13.9. The number of esters is 2. The fraction of sp³-hybridized carbons (Fsp3) is 0.516. The van der Waals surface area contributed by atoms with Crippen LogP contribution in [0.4, 0.5) is 4.79 Å². The van der Waals surface area contributed by atoms with Gasteiger partial charge in [-0.1, -0.05) is 30.3 Å². The number of rotatable bonds is 11. The molecule has 14 heteroatoms. The summed E-state index contributed by atoms with van der Waals surface area (Å²) in [5.41, 5.74) is -0.340. The van der Waals surface area contributed by atoms with Crippen molar-refractivity contribution in [2.45, 2.75) is 64.0 Å². The molecule has 3 rings (SSSR count). The molecule has 0 spiro atoms. The smallest absolute Gasteiger partial charge is 0.409 e. The average Bonchev–Trinajstić information content (AvgIpc) is 3.01. The number of hydrogen-bond donors (Lipinski definition) is 1. The van der Waals surface area contributed by atoms with E-state index in [0.29, 0.717) is 5.56 Å². The van der Waals surface area contributed by atoms with Gasteiger partial charge in [-0.25, -0.2) is 19.6 Å². The highest BCUT2D eigenvalue weighted by molar-refractivity contribution is 7.98. The molecule has 1 N–H and O–H groups in total. The van der Waals surface area contributed by atoms with E-state index in [1.807, 2.05) is 6.07 Å². The second-order valence-electron chi connectivity index (χ2n) is 11.0. The van der Waals surface area contributed by atoms with Crippen molar-refractivity contribution < 1.29 is 38.2 Å². The molecule has 2 aromatic rings. The molecule has 1 atom stereocenters. The van der Waals surface area contributed by atoms with Crippen molar-refractivity contribution in [3.8, 4) is 11.4 Å². The van der Waals surface area contributed by atoms with Crippen molar-refractivity contribution >= 4 is 41.6 Å². The SMILES string of the molecule is CCOC(=O)c1nc(-c2ccccc2)nc(C(=O)N[C@@H](CCC(=O)OC(C)(C)C)C(=O)N2CCN(C(=O)OCC)CC2)c1SC. The van der Waals surface area contributed by atoms with Crippen molar-refractivity contribution in [2.75, 3.05) is 45.6 Å². The summed E-state index contributed by atoms with van der Waals surface area (Å²) in [6, 6.07) is 7.72. The lowest BCUT2D eigenvalue weighted by molar-refractivity contribution is -0.155. The Kier molecular flexibility index (Phi) is 12.7. The van der Waals surface area contributed by atoms with E-state index in [4.69, 9.17) is 14.2 Å².